The fraction of sp³-hybridized carbons (Fsp3) is 0.235. The van der Waals surface area contributed by atoms with Crippen molar-refractivity contribution in [3.63, 3.8) is 0 Å². The van der Waals surface area contributed by atoms with Crippen molar-refractivity contribution in [1.82, 2.24) is 4.98 Å². The lowest BCUT2D eigenvalue weighted by molar-refractivity contribution is 0.175. The number of benzene rings is 2. The fourth-order valence-corrected chi connectivity index (χ4v) is 3.19. The Morgan fingerprint density at radius 1 is 1.24 bits per heavy atom. The first-order valence-electron chi connectivity index (χ1n) is 6.88. The number of aliphatic hydroxyl groups is 1. The first-order chi connectivity index (χ1) is 10.3. The van der Waals surface area contributed by atoms with Gasteiger partial charge >= 0.3 is 0 Å². The van der Waals surface area contributed by atoms with E-state index < -0.39 is 6.10 Å². The summed E-state index contributed by atoms with van der Waals surface area (Å²) in [7, 11) is 1.67. The molecule has 108 valence electrons. The van der Waals surface area contributed by atoms with Gasteiger partial charge < -0.3 is 9.84 Å². The van der Waals surface area contributed by atoms with Gasteiger partial charge in [-0.15, -0.1) is 11.3 Å². The SMILES string of the molecule is COc1ccc2cccc(CC(O)Cc3nccs3)c2c1. The van der Waals surface area contributed by atoms with E-state index in [1.54, 1.807) is 24.6 Å². The Hall–Kier alpha value is -1.91. The predicted octanol–water partition coefficient (Wildman–Crippen LogP) is 3.45. The van der Waals surface area contributed by atoms with Gasteiger partial charge in [0.25, 0.3) is 0 Å². The molecule has 3 rings (SSSR count). The first kappa shape index (κ1) is 14.0. The Morgan fingerprint density at radius 3 is 2.90 bits per heavy atom. The number of fused-ring (bicyclic) bond motifs is 1. The molecule has 0 fully saturated rings. The third-order valence-corrected chi connectivity index (χ3v) is 4.33. The van der Waals surface area contributed by atoms with E-state index in [0.717, 1.165) is 27.1 Å². The van der Waals surface area contributed by atoms with Crippen LogP contribution in [0, 0.1) is 0 Å². The van der Waals surface area contributed by atoms with Gasteiger partial charge in [-0.2, -0.15) is 0 Å². The van der Waals surface area contributed by atoms with Gasteiger partial charge in [0.15, 0.2) is 0 Å². The summed E-state index contributed by atoms with van der Waals surface area (Å²) in [5, 5.41) is 15.5. The van der Waals surface area contributed by atoms with Gasteiger partial charge in [0, 0.05) is 18.0 Å². The normalized spacial score (nSPS) is 12.5. The highest BCUT2D eigenvalue weighted by Crippen LogP contribution is 2.25. The highest BCUT2D eigenvalue weighted by Gasteiger charge is 2.11. The van der Waals surface area contributed by atoms with Gasteiger partial charge in [-0.3, -0.25) is 0 Å². The van der Waals surface area contributed by atoms with E-state index in [2.05, 4.69) is 17.1 Å². The Balaban J connectivity index is 1.85. The molecule has 0 aliphatic carbocycles. The maximum atomic E-state index is 10.3. The summed E-state index contributed by atoms with van der Waals surface area (Å²) in [6.45, 7) is 0. The number of rotatable bonds is 5. The van der Waals surface area contributed by atoms with E-state index in [4.69, 9.17) is 4.74 Å². The molecule has 1 heterocycles. The lowest BCUT2D eigenvalue weighted by Gasteiger charge is -2.12. The highest BCUT2D eigenvalue weighted by atomic mass is 32.1. The quantitative estimate of drug-likeness (QED) is 0.784. The summed E-state index contributed by atoms with van der Waals surface area (Å²) in [5.41, 5.74) is 1.13. The largest absolute Gasteiger partial charge is 0.497 e. The van der Waals surface area contributed by atoms with Gasteiger partial charge in [-0.25, -0.2) is 4.98 Å². The summed E-state index contributed by atoms with van der Waals surface area (Å²) < 4.78 is 5.30. The second-order valence-electron chi connectivity index (χ2n) is 4.99. The molecule has 0 saturated heterocycles. The van der Waals surface area contributed by atoms with Crippen molar-refractivity contribution in [2.24, 2.45) is 0 Å². The molecule has 1 aromatic heterocycles. The second kappa shape index (κ2) is 6.24. The first-order valence-corrected chi connectivity index (χ1v) is 7.76. The second-order valence-corrected chi connectivity index (χ2v) is 5.97. The van der Waals surface area contributed by atoms with Crippen molar-refractivity contribution in [3.8, 4) is 5.75 Å². The van der Waals surface area contributed by atoms with E-state index in [0.29, 0.717) is 12.8 Å². The van der Waals surface area contributed by atoms with Crippen molar-refractivity contribution < 1.29 is 9.84 Å². The van der Waals surface area contributed by atoms with Crippen molar-refractivity contribution in [2.45, 2.75) is 18.9 Å². The van der Waals surface area contributed by atoms with Crippen LogP contribution in [0.1, 0.15) is 10.6 Å². The van der Waals surface area contributed by atoms with Crippen molar-refractivity contribution in [2.75, 3.05) is 7.11 Å². The minimum atomic E-state index is -0.423. The van der Waals surface area contributed by atoms with Crippen LogP contribution in [0.15, 0.2) is 48.0 Å². The zero-order valence-electron chi connectivity index (χ0n) is 11.8. The van der Waals surface area contributed by atoms with E-state index in [1.807, 2.05) is 29.6 Å². The fourth-order valence-electron chi connectivity index (χ4n) is 2.50. The maximum absolute atomic E-state index is 10.3. The van der Waals surface area contributed by atoms with E-state index in [9.17, 15) is 5.11 Å². The number of thiazole rings is 1. The van der Waals surface area contributed by atoms with Crippen molar-refractivity contribution >= 4 is 22.1 Å². The average Bonchev–Trinajstić information content (AvgIpc) is 3.00. The van der Waals surface area contributed by atoms with E-state index in [1.165, 1.54) is 0 Å². The zero-order chi connectivity index (χ0) is 14.7. The standard InChI is InChI=1S/C17H17NO2S/c1-20-15-6-5-12-3-2-4-13(16(12)11-15)9-14(19)10-17-18-7-8-21-17/h2-8,11,14,19H,9-10H2,1H3. The lowest BCUT2D eigenvalue weighted by Crippen LogP contribution is -2.14. The predicted molar refractivity (Wildman–Crippen MR) is 86.0 cm³/mol. The maximum Gasteiger partial charge on any atom is 0.119 e. The Bertz CT molecular complexity index is 725. The average molecular weight is 299 g/mol. The number of aliphatic hydroxyl groups excluding tert-OH is 1. The molecule has 2 aromatic carbocycles. The molecule has 0 amide bonds. The molecule has 21 heavy (non-hydrogen) atoms. The van der Waals surface area contributed by atoms with Gasteiger partial charge in [-0.1, -0.05) is 24.3 Å². The van der Waals surface area contributed by atoms with Gasteiger partial charge in [-0.05, 0) is 34.9 Å². The Kier molecular flexibility index (Phi) is 4.18. The molecule has 0 aliphatic heterocycles. The molecule has 0 radical (unpaired) electrons. The summed E-state index contributed by atoms with van der Waals surface area (Å²) in [4.78, 5) is 4.23. The van der Waals surface area contributed by atoms with Crippen LogP contribution in [0.3, 0.4) is 0 Å². The molecule has 1 unspecified atom stereocenters. The number of methoxy groups -OCH3 is 1. The lowest BCUT2D eigenvalue weighted by atomic mass is 9.98. The van der Waals surface area contributed by atoms with E-state index in [-0.39, 0.29) is 0 Å². The number of aromatic nitrogens is 1. The molecular weight excluding hydrogens is 282 g/mol. The highest BCUT2D eigenvalue weighted by molar-refractivity contribution is 7.09. The van der Waals surface area contributed by atoms with Crippen LogP contribution in [-0.2, 0) is 12.8 Å². The van der Waals surface area contributed by atoms with Crippen LogP contribution in [-0.4, -0.2) is 23.3 Å². The number of hydrogen-bond acceptors (Lipinski definition) is 4. The number of hydrogen-bond donors (Lipinski definition) is 1. The van der Waals surface area contributed by atoms with Crippen LogP contribution in [0.5, 0.6) is 5.75 Å². The van der Waals surface area contributed by atoms with Crippen LogP contribution in [0.2, 0.25) is 0 Å². The molecule has 0 spiro atoms. The summed E-state index contributed by atoms with van der Waals surface area (Å²) in [6.07, 6.45) is 2.56. The van der Waals surface area contributed by atoms with Crippen LogP contribution >= 0.6 is 11.3 Å². The molecule has 4 heteroatoms. The van der Waals surface area contributed by atoms with Crippen molar-refractivity contribution in [1.29, 1.82) is 0 Å². The molecule has 3 aromatic rings. The molecule has 3 nitrogen and oxygen atoms in total. The van der Waals surface area contributed by atoms with Crippen LogP contribution in [0.25, 0.3) is 10.8 Å². The zero-order valence-corrected chi connectivity index (χ0v) is 12.6. The third kappa shape index (κ3) is 3.23. The Morgan fingerprint density at radius 2 is 2.14 bits per heavy atom. The Labute approximate surface area is 127 Å². The minimum absolute atomic E-state index is 0.423. The van der Waals surface area contributed by atoms with Crippen molar-refractivity contribution in [3.05, 3.63) is 58.5 Å². The topological polar surface area (TPSA) is 42.4 Å². The van der Waals surface area contributed by atoms with Crippen LogP contribution < -0.4 is 4.74 Å². The number of ether oxygens (including phenoxy) is 1. The van der Waals surface area contributed by atoms with Gasteiger partial charge in [0.2, 0.25) is 0 Å². The monoisotopic (exact) mass is 299 g/mol. The molecule has 0 bridgehead atoms. The van der Waals surface area contributed by atoms with Crippen LogP contribution in [0.4, 0.5) is 0 Å². The minimum Gasteiger partial charge on any atom is -0.497 e. The smallest absolute Gasteiger partial charge is 0.119 e. The molecular formula is C17H17NO2S. The molecule has 1 N–H and O–H groups in total. The molecule has 1 atom stereocenters. The van der Waals surface area contributed by atoms with Gasteiger partial charge in [0.05, 0.1) is 18.2 Å². The van der Waals surface area contributed by atoms with E-state index >= 15 is 0 Å². The summed E-state index contributed by atoms with van der Waals surface area (Å²) in [5.74, 6) is 0.837. The summed E-state index contributed by atoms with van der Waals surface area (Å²) in [6, 6.07) is 12.2. The molecule has 0 saturated carbocycles. The number of nitrogens with zero attached hydrogens (tertiary/aromatic N) is 1. The summed E-state index contributed by atoms with van der Waals surface area (Å²) >= 11 is 1.58. The van der Waals surface area contributed by atoms with Gasteiger partial charge in [0.1, 0.15) is 5.75 Å². The third-order valence-electron chi connectivity index (χ3n) is 3.53. The molecule has 0 aliphatic rings.